The fourth-order valence-corrected chi connectivity index (χ4v) is 1.05. The second kappa shape index (κ2) is 1.69. The van der Waals surface area contributed by atoms with E-state index in [4.69, 9.17) is 0 Å². The maximum atomic E-state index is 2.22. The monoisotopic (exact) mass is 100 g/mol. The average Bonchev–Trinajstić information content (AvgIpc) is 2.21. The molecule has 0 spiro atoms. The Hall–Kier alpha value is 0.0900. The number of hydrogen-bond acceptors (Lipinski definition) is 1. The predicted octanol–water partition coefficient (Wildman–Crippen LogP) is 1.68. The van der Waals surface area contributed by atoms with Gasteiger partial charge in [-0.2, -0.15) is 11.8 Å². The molecule has 0 aromatic heterocycles. The van der Waals surface area contributed by atoms with Gasteiger partial charge in [-0.05, 0) is 5.75 Å². The van der Waals surface area contributed by atoms with E-state index in [0.717, 1.165) is 5.25 Å². The first-order valence-corrected chi connectivity index (χ1v) is 3.28. The molecule has 0 aromatic carbocycles. The zero-order valence-corrected chi connectivity index (χ0v) is 4.66. The molecule has 0 unspecified atom stereocenters. The average molecular weight is 100 g/mol. The molecule has 0 amide bonds. The summed E-state index contributed by atoms with van der Waals surface area (Å²) < 4.78 is 0. The van der Waals surface area contributed by atoms with Crippen LogP contribution in [-0.2, 0) is 0 Å². The van der Waals surface area contributed by atoms with Crippen LogP contribution in [-0.4, -0.2) is 11.0 Å². The molecule has 0 nitrogen and oxygen atoms in total. The molecule has 0 heterocycles. The van der Waals surface area contributed by atoms with Gasteiger partial charge in [0.2, 0.25) is 0 Å². The fraction of sp³-hybridized carbons (Fsp3) is 0.600. The van der Waals surface area contributed by atoms with Crippen LogP contribution in [0.15, 0.2) is 12.2 Å². The molecule has 6 heavy (non-hydrogen) atoms. The van der Waals surface area contributed by atoms with E-state index in [-0.39, 0.29) is 0 Å². The van der Waals surface area contributed by atoms with Gasteiger partial charge in [-0.3, -0.25) is 0 Å². The van der Waals surface area contributed by atoms with Gasteiger partial charge in [0.15, 0.2) is 0 Å². The second-order valence-electron chi connectivity index (χ2n) is 1.30. The molecule has 0 N–H and O–H groups in total. The van der Waals surface area contributed by atoms with E-state index in [1.54, 1.807) is 0 Å². The maximum absolute atomic E-state index is 2.22. The summed E-state index contributed by atoms with van der Waals surface area (Å²) in [4.78, 5) is 0. The highest BCUT2D eigenvalue weighted by Gasteiger charge is 2.07. The van der Waals surface area contributed by atoms with E-state index in [1.807, 2.05) is 11.8 Å². The third kappa shape index (κ3) is 1.05. The first kappa shape index (κ1) is 4.25. The van der Waals surface area contributed by atoms with E-state index in [1.165, 1.54) is 5.75 Å². The lowest BCUT2D eigenvalue weighted by Crippen LogP contribution is -1.72. The van der Waals surface area contributed by atoms with E-state index in [9.17, 15) is 0 Å². The van der Waals surface area contributed by atoms with Crippen molar-refractivity contribution in [3.63, 3.8) is 0 Å². The van der Waals surface area contributed by atoms with Crippen molar-refractivity contribution in [1.82, 2.24) is 0 Å². The third-order valence-electron chi connectivity index (χ3n) is 0.709. The minimum Gasteiger partial charge on any atom is -0.150 e. The fourth-order valence-electron chi connectivity index (χ4n) is 0.349. The molecule has 0 fully saturated rings. The molecule has 0 saturated heterocycles. The standard InChI is InChI=1S/C5H8S/c1-2-6-5-3-4-5/h3-5H,2H2,1H3. The molecule has 1 heteroatoms. The summed E-state index contributed by atoms with van der Waals surface area (Å²) in [5, 5.41) is 0.815. The number of thioether (sulfide) groups is 1. The molecule has 0 saturated carbocycles. The first-order chi connectivity index (χ1) is 2.93. The van der Waals surface area contributed by atoms with Crippen molar-refractivity contribution in [2.75, 3.05) is 5.75 Å². The van der Waals surface area contributed by atoms with Crippen molar-refractivity contribution in [2.24, 2.45) is 0 Å². The summed E-state index contributed by atoms with van der Waals surface area (Å²) >= 11 is 1.99. The van der Waals surface area contributed by atoms with E-state index in [2.05, 4.69) is 19.1 Å². The molecule has 1 rings (SSSR count). The molecule has 0 radical (unpaired) electrons. The Balaban J connectivity index is 1.90. The Kier molecular flexibility index (Phi) is 1.20. The lowest BCUT2D eigenvalue weighted by molar-refractivity contribution is 1.50. The summed E-state index contributed by atoms with van der Waals surface area (Å²) in [6.07, 6.45) is 4.43. The van der Waals surface area contributed by atoms with Crippen LogP contribution in [0.2, 0.25) is 0 Å². The summed E-state index contributed by atoms with van der Waals surface area (Å²) in [5.74, 6) is 1.25. The van der Waals surface area contributed by atoms with Gasteiger partial charge in [-0.1, -0.05) is 19.1 Å². The quantitative estimate of drug-likeness (QED) is 0.476. The topological polar surface area (TPSA) is 0 Å². The molecule has 1 aliphatic carbocycles. The minimum absolute atomic E-state index is 0.815. The summed E-state index contributed by atoms with van der Waals surface area (Å²) in [7, 11) is 0. The van der Waals surface area contributed by atoms with Gasteiger partial charge in [-0.15, -0.1) is 0 Å². The highest BCUT2D eigenvalue weighted by atomic mass is 32.2. The highest BCUT2D eigenvalue weighted by Crippen LogP contribution is 2.22. The zero-order chi connectivity index (χ0) is 4.41. The molecule has 0 atom stereocenters. The second-order valence-corrected chi connectivity index (χ2v) is 2.76. The molecule has 1 aliphatic rings. The van der Waals surface area contributed by atoms with Crippen LogP contribution in [0.3, 0.4) is 0 Å². The van der Waals surface area contributed by atoms with Crippen molar-refractivity contribution in [3.8, 4) is 0 Å². The Morgan fingerprint density at radius 1 is 1.67 bits per heavy atom. The van der Waals surface area contributed by atoms with Gasteiger partial charge in [0, 0.05) is 5.25 Å². The Labute approximate surface area is 42.6 Å². The smallest absolute Gasteiger partial charge is 0.0408 e. The highest BCUT2D eigenvalue weighted by molar-refractivity contribution is 8.00. The third-order valence-corrected chi connectivity index (χ3v) is 1.74. The van der Waals surface area contributed by atoms with Gasteiger partial charge in [0.05, 0.1) is 0 Å². The maximum Gasteiger partial charge on any atom is 0.0408 e. The van der Waals surface area contributed by atoms with Crippen LogP contribution in [0.4, 0.5) is 0 Å². The van der Waals surface area contributed by atoms with Crippen LogP contribution in [0, 0.1) is 0 Å². The Morgan fingerprint density at radius 3 is 2.50 bits per heavy atom. The molecule has 34 valence electrons. The van der Waals surface area contributed by atoms with Crippen molar-refractivity contribution in [3.05, 3.63) is 12.2 Å². The van der Waals surface area contributed by atoms with Crippen molar-refractivity contribution >= 4 is 11.8 Å². The van der Waals surface area contributed by atoms with Crippen LogP contribution in [0.5, 0.6) is 0 Å². The van der Waals surface area contributed by atoms with Gasteiger partial charge >= 0.3 is 0 Å². The number of hydrogen-bond donors (Lipinski definition) is 0. The lowest BCUT2D eigenvalue weighted by Gasteiger charge is -1.85. The van der Waals surface area contributed by atoms with Crippen molar-refractivity contribution < 1.29 is 0 Å². The van der Waals surface area contributed by atoms with E-state index >= 15 is 0 Å². The molecular formula is C5H8S. The van der Waals surface area contributed by atoms with Gasteiger partial charge < -0.3 is 0 Å². The molecule has 0 bridgehead atoms. The Bertz CT molecular complexity index is 60.3. The van der Waals surface area contributed by atoms with Gasteiger partial charge in [-0.25, -0.2) is 0 Å². The summed E-state index contributed by atoms with van der Waals surface area (Å²) in [5.41, 5.74) is 0. The van der Waals surface area contributed by atoms with Crippen LogP contribution < -0.4 is 0 Å². The van der Waals surface area contributed by atoms with Crippen molar-refractivity contribution in [1.29, 1.82) is 0 Å². The van der Waals surface area contributed by atoms with E-state index in [0.29, 0.717) is 0 Å². The van der Waals surface area contributed by atoms with Gasteiger partial charge in [0.1, 0.15) is 0 Å². The largest absolute Gasteiger partial charge is 0.150 e. The predicted molar refractivity (Wildman–Crippen MR) is 31.1 cm³/mol. The Morgan fingerprint density at radius 2 is 2.33 bits per heavy atom. The van der Waals surface area contributed by atoms with Crippen LogP contribution in [0.25, 0.3) is 0 Å². The first-order valence-electron chi connectivity index (χ1n) is 2.23. The van der Waals surface area contributed by atoms with Crippen LogP contribution in [0.1, 0.15) is 6.92 Å². The zero-order valence-electron chi connectivity index (χ0n) is 3.85. The van der Waals surface area contributed by atoms with Crippen LogP contribution >= 0.6 is 11.8 Å². The van der Waals surface area contributed by atoms with E-state index < -0.39 is 0 Å². The summed E-state index contributed by atoms with van der Waals surface area (Å²) in [6, 6.07) is 0. The lowest BCUT2D eigenvalue weighted by atomic mass is 10.9. The van der Waals surface area contributed by atoms with Crippen molar-refractivity contribution in [2.45, 2.75) is 12.2 Å². The number of rotatable bonds is 2. The molecular weight excluding hydrogens is 92.1 g/mol. The summed E-state index contributed by atoms with van der Waals surface area (Å²) in [6.45, 7) is 2.19. The minimum atomic E-state index is 0.815. The molecule has 0 aliphatic heterocycles. The normalized spacial score (nSPS) is 18.8. The SMILES string of the molecule is CCSC1C=C1. The molecule has 0 aromatic rings. The van der Waals surface area contributed by atoms with Gasteiger partial charge in [0.25, 0.3) is 0 Å².